The molecule has 0 saturated heterocycles. The van der Waals surface area contributed by atoms with Crippen LogP contribution in [0.2, 0.25) is 0 Å². The van der Waals surface area contributed by atoms with Gasteiger partial charge in [-0.05, 0) is 18.8 Å². The van der Waals surface area contributed by atoms with E-state index in [0.717, 1.165) is 18.3 Å². The minimum atomic E-state index is 0.828. The smallest absolute Gasteiger partial charge is 0.237 e. The van der Waals surface area contributed by atoms with Crippen molar-refractivity contribution in [1.82, 2.24) is 0 Å². The first kappa shape index (κ1) is 10.5. The van der Waals surface area contributed by atoms with Crippen LogP contribution >= 0.6 is 0 Å². The summed E-state index contributed by atoms with van der Waals surface area (Å²) in [6.45, 7) is 7.43. The van der Waals surface area contributed by atoms with Gasteiger partial charge in [-0.15, -0.1) is 0 Å². The Hall–Kier alpha value is -0.530. The molecule has 3 N–H and O–H groups in total. The summed E-state index contributed by atoms with van der Waals surface area (Å²) in [4.78, 5) is 3.11. The Balaban J connectivity index is 3.09. The fourth-order valence-corrected chi connectivity index (χ4v) is 0.963. The predicted octanol–water partition coefficient (Wildman–Crippen LogP) is 0.270. The molecule has 66 valence electrons. The minimum Gasteiger partial charge on any atom is -0.291 e. The first-order chi connectivity index (χ1) is 5.13. The Labute approximate surface area is 69.9 Å². The molecule has 0 aromatic heterocycles. The van der Waals surface area contributed by atoms with Gasteiger partial charge in [-0.25, -0.2) is 0 Å². The van der Waals surface area contributed by atoms with Gasteiger partial charge in [0.05, 0.1) is 6.54 Å². The Bertz CT molecular complexity index is 113. The van der Waals surface area contributed by atoms with Gasteiger partial charge in [0.1, 0.15) is 0 Å². The van der Waals surface area contributed by atoms with E-state index in [1.807, 2.05) is 6.92 Å². The maximum Gasteiger partial charge on any atom is 0.237 e. The molecule has 0 radical (unpaired) electrons. The first-order valence-electron chi connectivity index (χ1n) is 4.46. The van der Waals surface area contributed by atoms with Crippen molar-refractivity contribution in [3.8, 4) is 0 Å². The zero-order valence-electron chi connectivity index (χ0n) is 7.98. The molecule has 0 rings (SSSR count). The molecule has 0 spiro atoms. The third-order valence-electron chi connectivity index (χ3n) is 1.61. The quantitative estimate of drug-likeness (QED) is 0.336. The summed E-state index contributed by atoms with van der Waals surface area (Å²) in [5.41, 5.74) is 5.44. The molecule has 0 bridgehead atoms. The topological polar surface area (TPSA) is 40.0 Å². The normalized spacial score (nSPS) is 12.5. The van der Waals surface area contributed by atoms with Gasteiger partial charge in [0.15, 0.2) is 0 Å². The second-order valence-corrected chi connectivity index (χ2v) is 3.50. The highest BCUT2D eigenvalue weighted by molar-refractivity contribution is 5.70. The fourth-order valence-electron chi connectivity index (χ4n) is 0.963. The van der Waals surface area contributed by atoms with Crippen LogP contribution in [0.4, 0.5) is 0 Å². The van der Waals surface area contributed by atoms with Crippen molar-refractivity contribution in [3.63, 3.8) is 0 Å². The van der Waals surface area contributed by atoms with Crippen LogP contribution in [0.15, 0.2) is 0 Å². The predicted molar refractivity (Wildman–Crippen MR) is 49.4 cm³/mol. The lowest BCUT2D eigenvalue weighted by Crippen LogP contribution is -2.74. The van der Waals surface area contributed by atoms with Crippen LogP contribution in [0.3, 0.4) is 0 Å². The highest BCUT2D eigenvalue weighted by atomic mass is 14.8. The van der Waals surface area contributed by atoms with Crippen molar-refractivity contribution in [2.45, 2.75) is 40.0 Å². The summed E-state index contributed by atoms with van der Waals surface area (Å²) in [7, 11) is 0. The molecule has 0 aromatic rings. The van der Waals surface area contributed by atoms with Gasteiger partial charge < -0.3 is 0 Å². The molecule has 0 aliphatic heterocycles. The zero-order chi connectivity index (χ0) is 8.69. The van der Waals surface area contributed by atoms with Gasteiger partial charge in [0, 0.05) is 6.92 Å². The number of nitrogens with two attached hydrogens (primary N) is 1. The molecule has 0 unspecified atom stereocenters. The third kappa shape index (κ3) is 9.47. The second kappa shape index (κ2) is 6.20. The number of nitrogens with one attached hydrogen (secondary N) is 1. The number of unbranched alkanes of at least 4 members (excludes halogenated alkanes) is 1. The van der Waals surface area contributed by atoms with Crippen molar-refractivity contribution in [2.24, 2.45) is 11.7 Å². The van der Waals surface area contributed by atoms with E-state index in [0.29, 0.717) is 0 Å². The molecule has 0 atom stereocenters. The van der Waals surface area contributed by atoms with E-state index < -0.39 is 0 Å². The molecule has 0 heterocycles. The van der Waals surface area contributed by atoms with Crippen molar-refractivity contribution in [3.05, 3.63) is 0 Å². The van der Waals surface area contributed by atoms with Gasteiger partial charge in [-0.2, -0.15) is 0 Å². The van der Waals surface area contributed by atoms with Crippen molar-refractivity contribution in [1.29, 1.82) is 0 Å². The average Bonchev–Trinajstić information content (AvgIpc) is 1.85. The highest BCUT2D eigenvalue weighted by Crippen LogP contribution is 2.04. The number of rotatable bonds is 5. The molecule has 11 heavy (non-hydrogen) atoms. The van der Waals surface area contributed by atoms with Crippen LogP contribution < -0.4 is 10.7 Å². The van der Waals surface area contributed by atoms with E-state index in [4.69, 9.17) is 5.73 Å². The van der Waals surface area contributed by atoms with E-state index in [-0.39, 0.29) is 0 Å². The Morgan fingerprint density at radius 1 is 1.36 bits per heavy atom. The number of hydrogen-bond donors (Lipinski definition) is 2. The monoisotopic (exact) mass is 157 g/mol. The minimum absolute atomic E-state index is 0.828. The molecule has 2 nitrogen and oxygen atoms in total. The van der Waals surface area contributed by atoms with E-state index >= 15 is 0 Å². The molecular formula is C9H21N2+. The van der Waals surface area contributed by atoms with Crippen molar-refractivity contribution in [2.75, 3.05) is 6.54 Å². The highest BCUT2D eigenvalue weighted by Gasteiger charge is 1.93. The Kier molecular flexibility index (Phi) is 5.90. The summed E-state index contributed by atoms with van der Waals surface area (Å²) in [5.74, 6) is 1.66. The average molecular weight is 157 g/mol. The fraction of sp³-hybridized carbons (Fsp3) is 0.889. The summed E-state index contributed by atoms with van der Waals surface area (Å²) in [6.07, 6.45) is 3.86. The van der Waals surface area contributed by atoms with Crippen LogP contribution in [-0.2, 0) is 0 Å². The number of hydrogen-bond acceptors (Lipinski definition) is 0. The van der Waals surface area contributed by atoms with Gasteiger partial charge >= 0.3 is 0 Å². The third-order valence-corrected chi connectivity index (χ3v) is 1.61. The van der Waals surface area contributed by atoms with Crippen LogP contribution in [0.1, 0.15) is 40.0 Å². The molecule has 0 aliphatic carbocycles. The number of amidine groups is 1. The van der Waals surface area contributed by atoms with E-state index in [1.165, 1.54) is 19.3 Å². The zero-order valence-corrected chi connectivity index (χ0v) is 7.98. The first-order valence-corrected chi connectivity index (χ1v) is 4.46. The van der Waals surface area contributed by atoms with Crippen LogP contribution in [0.25, 0.3) is 0 Å². The van der Waals surface area contributed by atoms with Crippen molar-refractivity contribution >= 4 is 5.84 Å². The lowest BCUT2D eigenvalue weighted by atomic mass is 10.1. The molecule has 0 saturated carbocycles. The summed E-state index contributed by atoms with van der Waals surface area (Å²) < 4.78 is 0. The lowest BCUT2D eigenvalue weighted by Gasteiger charge is -2.00. The SMILES string of the molecule is CC(N)=[NH+]CCCCC(C)C. The van der Waals surface area contributed by atoms with Gasteiger partial charge in [0.25, 0.3) is 0 Å². The standard InChI is InChI=1S/C9H20N2/c1-8(2)6-4-5-7-11-9(3)10/h8H,4-7H2,1-3H3,(H2,10,11)/p+1. The molecule has 0 aromatic carbocycles. The Morgan fingerprint density at radius 3 is 2.45 bits per heavy atom. The summed E-state index contributed by atoms with van der Waals surface area (Å²) >= 11 is 0. The van der Waals surface area contributed by atoms with E-state index in [1.54, 1.807) is 0 Å². The second-order valence-electron chi connectivity index (χ2n) is 3.50. The Morgan fingerprint density at radius 2 is 2.00 bits per heavy atom. The summed E-state index contributed by atoms with van der Waals surface area (Å²) in [5, 5.41) is 0. The van der Waals surface area contributed by atoms with Crippen LogP contribution in [0.5, 0.6) is 0 Å². The van der Waals surface area contributed by atoms with E-state index in [9.17, 15) is 0 Å². The van der Waals surface area contributed by atoms with Gasteiger partial charge in [0.2, 0.25) is 5.84 Å². The largest absolute Gasteiger partial charge is 0.291 e. The maximum atomic E-state index is 5.44. The van der Waals surface area contributed by atoms with Crippen LogP contribution in [0, 0.1) is 5.92 Å². The molecule has 2 heteroatoms. The van der Waals surface area contributed by atoms with Crippen LogP contribution in [-0.4, -0.2) is 12.4 Å². The lowest BCUT2D eigenvalue weighted by molar-refractivity contribution is -0.459. The summed E-state index contributed by atoms with van der Waals surface area (Å²) in [6, 6.07) is 0. The van der Waals surface area contributed by atoms with Crippen molar-refractivity contribution < 1.29 is 4.99 Å². The van der Waals surface area contributed by atoms with Gasteiger partial charge in [-0.1, -0.05) is 20.3 Å². The molecule has 0 aliphatic rings. The van der Waals surface area contributed by atoms with Gasteiger partial charge in [-0.3, -0.25) is 10.7 Å². The molecule has 0 amide bonds. The molecular weight excluding hydrogens is 136 g/mol. The van der Waals surface area contributed by atoms with E-state index in [2.05, 4.69) is 18.8 Å². The molecule has 0 fully saturated rings. The maximum absolute atomic E-state index is 5.44.